The van der Waals surface area contributed by atoms with Gasteiger partial charge >= 0.3 is 5.82 Å². The van der Waals surface area contributed by atoms with Gasteiger partial charge in [0.2, 0.25) is 0 Å². The fourth-order valence-electron chi connectivity index (χ4n) is 3.61. The number of hydrogen-bond donors (Lipinski definition) is 1. The van der Waals surface area contributed by atoms with Gasteiger partial charge in [-0.05, 0) is 54.8 Å². The Morgan fingerprint density at radius 1 is 1.40 bits per heavy atom. The molecule has 3 heterocycles. The number of rotatable bonds is 3. The summed E-state index contributed by atoms with van der Waals surface area (Å²) in [4.78, 5) is 16.9. The molecule has 0 aliphatic carbocycles. The molecule has 1 aromatic rings. The Morgan fingerprint density at radius 3 is 2.75 bits per heavy atom. The summed E-state index contributed by atoms with van der Waals surface area (Å²) in [5.41, 5.74) is 0.546. The maximum Gasteiger partial charge on any atom is 0.386 e. The predicted octanol–water partition coefficient (Wildman–Crippen LogP) is 2.42. The van der Waals surface area contributed by atoms with Crippen LogP contribution in [-0.4, -0.2) is 40.0 Å². The summed E-state index contributed by atoms with van der Waals surface area (Å²) in [5.74, 6) is -0.0726. The van der Waals surface area contributed by atoms with E-state index in [4.69, 9.17) is 0 Å². The second kappa shape index (κ2) is 5.36. The molecule has 1 aromatic heterocycles. The average molecular weight is 276 g/mol. The third-order valence-electron chi connectivity index (χ3n) is 4.66. The molecule has 2 saturated heterocycles. The first kappa shape index (κ1) is 13.3. The summed E-state index contributed by atoms with van der Waals surface area (Å²) in [7, 11) is 2.21. The van der Waals surface area contributed by atoms with Crippen LogP contribution in [0.15, 0.2) is 18.3 Å². The largest absolute Gasteiger partial charge is 0.386 e. The van der Waals surface area contributed by atoms with E-state index in [1.807, 2.05) is 0 Å². The fraction of sp³-hybridized carbons (Fsp3) is 0.643. The van der Waals surface area contributed by atoms with Crippen LogP contribution in [0.1, 0.15) is 32.1 Å². The molecule has 2 aliphatic rings. The van der Waals surface area contributed by atoms with Crippen LogP contribution in [0.25, 0.3) is 0 Å². The SMILES string of the molecule is CN1C2CCCC1CC(Nc1cccnc1[N+](=O)[O-])C2. The lowest BCUT2D eigenvalue weighted by Gasteiger charge is -2.47. The molecular formula is C14H20N4O2. The molecule has 2 unspecified atom stereocenters. The van der Waals surface area contributed by atoms with Crippen molar-refractivity contribution < 1.29 is 4.92 Å². The summed E-state index contributed by atoms with van der Waals surface area (Å²) in [6.45, 7) is 0. The van der Waals surface area contributed by atoms with Gasteiger partial charge in [-0.2, -0.15) is 0 Å². The monoisotopic (exact) mass is 276 g/mol. The van der Waals surface area contributed by atoms with Crippen molar-refractivity contribution in [2.24, 2.45) is 0 Å². The van der Waals surface area contributed by atoms with Crippen molar-refractivity contribution in [2.45, 2.75) is 50.2 Å². The van der Waals surface area contributed by atoms with Crippen LogP contribution in [0.3, 0.4) is 0 Å². The Hall–Kier alpha value is -1.69. The average Bonchev–Trinajstić information content (AvgIpc) is 2.40. The number of fused-ring (bicyclic) bond motifs is 2. The van der Waals surface area contributed by atoms with Gasteiger partial charge in [0, 0.05) is 18.1 Å². The van der Waals surface area contributed by atoms with Crippen LogP contribution in [-0.2, 0) is 0 Å². The molecule has 108 valence electrons. The highest BCUT2D eigenvalue weighted by Gasteiger charge is 2.36. The summed E-state index contributed by atoms with van der Waals surface area (Å²) >= 11 is 0. The predicted molar refractivity (Wildman–Crippen MR) is 76.7 cm³/mol. The van der Waals surface area contributed by atoms with Crippen LogP contribution >= 0.6 is 0 Å². The third kappa shape index (κ3) is 2.47. The summed E-state index contributed by atoms with van der Waals surface area (Å²) < 4.78 is 0. The van der Waals surface area contributed by atoms with Gasteiger partial charge < -0.3 is 20.3 Å². The van der Waals surface area contributed by atoms with E-state index >= 15 is 0 Å². The zero-order valence-electron chi connectivity index (χ0n) is 11.7. The van der Waals surface area contributed by atoms with Gasteiger partial charge in [0.1, 0.15) is 11.9 Å². The van der Waals surface area contributed by atoms with E-state index in [1.54, 1.807) is 12.1 Å². The van der Waals surface area contributed by atoms with Gasteiger partial charge in [-0.25, -0.2) is 0 Å². The Kier molecular flexibility index (Phi) is 3.56. The smallest absolute Gasteiger partial charge is 0.375 e. The standard InChI is InChI=1S/C14H20N4O2/c1-17-11-4-2-5-12(17)9-10(8-11)16-13-6-3-7-15-14(13)18(19)20/h3,6-7,10-12,16H,2,4-5,8-9H2,1H3. The molecule has 0 amide bonds. The van der Waals surface area contributed by atoms with Crippen molar-refractivity contribution >= 4 is 11.5 Å². The Balaban J connectivity index is 1.74. The van der Waals surface area contributed by atoms with Gasteiger partial charge in [0.05, 0.1) is 0 Å². The molecule has 6 nitrogen and oxygen atoms in total. The van der Waals surface area contributed by atoms with E-state index in [-0.39, 0.29) is 5.82 Å². The minimum Gasteiger partial charge on any atom is -0.375 e. The summed E-state index contributed by atoms with van der Waals surface area (Å²) in [6.07, 6.45) is 7.35. The summed E-state index contributed by atoms with van der Waals surface area (Å²) in [6, 6.07) is 5.01. The second-order valence-electron chi connectivity index (χ2n) is 5.85. The lowest BCUT2D eigenvalue weighted by atomic mass is 9.82. The van der Waals surface area contributed by atoms with Gasteiger partial charge in [0.15, 0.2) is 0 Å². The molecule has 1 N–H and O–H groups in total. The summed E-state index contributed by atoms with van der Waals surface area (Å²) in [5, 5.41) is 14.4. The van der Waals surface area contributed by atoms with Gasteiger partial charge in [-0.1, -0.05) is 6.42 Å². The van der Waals surface area contributed by atoms with Crippen LogP contribution in [0.2, 0.25) is 0 Å². The van der Waals surface area contributed by atoms with Crippen LogP contribution in [0.5, 0.6) is 0 Å². The van der Waals surface area contributed by atoms with Crippen molar-refractivity contribution in [3.05, 3.63) is 28.4 Å². The fourth-order valence-corrected chi connectivity index (χ4v) is 3.61. The third-order valence-corrected chi connectivity index (χ3v) is 4.66. The number of nitrogens with zero attached hydrogens (tertiary/aromatic N) is 3. The number of nitrogens with one attached hydrogen (secondary N) is 1. The van der Waals surface area contributed by atoms with Crippen molar-refractivity contribution in [3.8, 4) is 0 Å². The van der Waals surface area contributed by atoms with Crippen molar-refractivity contribution in [3.63, 3.8) is 0 Å². The number of nitro groups is 1. The molecule has 0 radical (unpaired) electrons. The second-order valence-corrected chi connectivity index (χ2v) is 5.85. The number of aromatic nitrogens is 1. The van der Waals surface area contributed by atoms with E-state index in [9.17, 15) is 10.1 Å². The van der Waals surface area contributed by atoms with Crippen LogP contribution < -0.4 is 5.32 Å². The zero-order valence-corrected chi connectivity index (χ0v) is 11.7. The maximum atomic E-state index is 11.0. The Morgan fingerprint density at radius 2 is 2.10 bits per heavy atom. The van der Waals surface area contributed by atoms with E-state index in [2.05, 4.69) is 22.2 Å². The number of piperidine rings is 2. The molecule has 6 heteroatoms. The van der Waals surface area contributed by atoms with Gasteiger partial charge in [0.25, 0.3) is 0 Å². The Bertz CT molecular complexity index is 494. The number of anilines is 1. The molecule has 2 aliphatic heterocycles. The topological polar surface area (TPSA) is 71.3 Å². The van der Waals surface area contributed by atoms with Crippen molar-refractivity contribution in [1.82, 2.24) is 9.88 Å². The number of pyridine rings is 1. The molecule has 2 bridgehead atoms. The van der Waals surface area contributed by atoms with Crippen molar-refractivity contribution in [1.29, 1.82) is 0 Å². The van der Waals surface area contributed by atoms with Gasteiger partial charge in [-0.3, -0.25) is 0 Å². The lowest BCUT2D eigenvalue weighted by molar-refractivity contribution is -0.388. The van der Waals surface area contributed by atoms with Gasteiger partial charge in [-0.15, -0.1) is 0 Å². The first-order valence-corrected chi connectivity index (χ1v) is 7.23. The molecule has 2 atom stereocenters. The van der Waals surface area contributed by atoms with E-state index in [0.717, 1.165) is 12.8 Å². The van der Waals surface area contributed by atoms with Crippen molar-refractivity contribution in [2.75, 3.05) is 12.4 Å². The molecule has 0 aromatic carbocycles. The molecule has 0 spiro atoms. The highest BCUT2D eigenvalue weighted by atomic mass is 16.6. The van der Waals surface area contributed by atoms with E-state index < -0.39 is 4.92 Å². The van der Waals surface area contributed by atoms with E-state index in [0.29, 0.717) is 23.8 Å². The van der Waals surface area contributed by atoms with Crippen LogP contribution in [0.4, 0.5) is 11.5 Å². The Labute approximate surface area is 118 Å². The highest BCUT2D eigenvalue weighted by molar-refractivity contribution is 5.57. The highest BCUT2D eigenvalue weighted by Crippen LogP contribution is 2.34. The zero-order chi connectivity index (χ0) is 14.1. The molecule has 2 fully saturated rings. The quantitative estimate of drug-likeness (QED) is 0.678. The number of hydrogen-bond acceptors (Lipinski definition) is 5. The first-order valence-electron chi connectivity index (χ1n) is 7.23. The minimum absolute atomic E-state index is 0.0726. The first-order chi connectivity index (χ1) is 9.65. The van der Waals surface area contributed by atoms with Crippen LogP contribution in [0, 0.1) is 10.1 Å². The molecule has 20 heavy (non-hydrogen) atoms. The lowest BCUT2D eigenvalue weighted by Crippen LogP contribution is -2.52. The minimum atomic E-state index is -0.419. The molecular weight excluding hydrogens is 256 g/mol. The maximum absolute atomic E-state index is 11.0. The molecule has 0 saturated carbocycles. The van der Waals surface area contributed by atoms with E-state index in [1.165, 1.54) is 25.5 Å². The molecule has 3 rings (SSSR count). The normalized spacial score (nSPS) is 29.9.